The van der Waals surface area contributed by atoms with Gasteiger partial charge in [0.05, 0.1) is 11.9 Å². The van der Waals surface area contributed by atoms with Gasteiger partial charge >= 0.3 is 0 Å². The highest BCUT2D eigenvalue weighted by Gasteiger charge is 2.21. The monoisotopic (exact) mass is 353 g/mol. The summed E-state index contributed by atoms with van der Waals surface area (Å²) in [6.45, 7) is 5.55. The first kappa shape index (κ1) is 17.4. The Hall–Kier alpha value is -1.93. The van der Waals surface area contributed by atoms with Crippen LogP contribution in [-0.4, -0.2) is 32.6 Å². The molecule has 1 aromatic heterocycles. The summed E-state index contributed by atoms with van der Waals surface area (Å²) >= 11 is 1.06. The molecule has 2 aromatic rings. The number of aromatic nitrogens is 1. The Balaban J connectivity index is 2.30. The number of anilines is 2. The van der Waals surface area contributed by atoms with Crippen LogP contribution in [0.5, 0.6) is 0 Å². The summed E-state index contributed by atoms with van der Waals surface area (Å²) in [6, 6.07) is 5.81. The Labute approximate surface area is 140 Å². The Morgan fingerprint density at radius 1 is 1.26 bits per heavy atom. The van der Waals surface area contributed by atoms with Crippen molar-refractivity contribution in [2.45, 2.75) is 20.8 Å². The van der Waals surface area contributed by atoms with Crippen LogP contribution in [0.15, 0.2) is 18.2 Å². The van der Waals surface area contributed by atoms with Crippen LogP contribution in [0.1, 0.15) is 26.5 Å². The largest absolute Gasteiger partial charge is 0.321 e. The molecule has 0 unspecified atom stereocenters. The SMILES string of the molecule is Cc1ccc(C)c(NC(=O)c2sc(N(C)S(C)(=O)=O)nc2C)c1. The zero-order valence-electron chi connectivity index (χ0n) is 13.7. The first-order chi connectivity index (χ1) is 10.6. The lowest BCUT2D eigenvalue weighted by Gasteiger charge is -2.11. The molecule has 0 bridgehead atoms. The maximum atomic E-state index is 12.5. The number of nitrogens with zero attached hydrogens (tertiary/aromatic N) is 2. The van der Waals surface area contributed by atoms with E-state index in [4.69, 9.17) is 0 Å². The quantitative estimate of drug-likeness (QED) is 0.916. The molecular weight excluding hydrogens is 334 g/mol. The third-order valence-corrected chi connectivity index (χ3v) is 5.92. The summed E-state index contributed by atoms with van der Waals surface area (Å²) < 4.78 is 24.2. The predicted octanol–water partition coefficient (Wildman–Crippen LogP) is 2.72. The molecule has 2 rings (SSSR count). The number of nitrogens with one attached hydrogen (secondary N) is 1. The number of hydrogen-bond acceptors (Lipinski definition) is 5. The molecule has 1 N–H and O–H groups in total. The lowest BCUT2D eigenvalue weighted by molar-refractivity contribution is 0.102. The van der Waals surface area contributed by atoms with E-state index in [1.165, 1.54) is 7.05 Å². The molecule has 23 heavy (non-hydrogen) atoms. The van der Waals surface area contributed by atoms with Gasteiger partial charge in [0, 0.05) is 12.7 Å². The molecular formula is C15H19N3O3S2. The van der Waals surface area contributed by atoms with E-state index >= 15 is 0 Å². The number of hydrogen-bond donors (Lipinski definition) is 1. The minimum atomic E-state index is -3.41. The van der Waals surface area contributed by atoms with Gasteiger partial charge in [-0.2, -0.15) is 0 Å². The number of thiazole rings is 1. The van der Waals surface area contributed by atoms with E-state index in [1.807, 2.05) is 32.0 Å². The number of carbonyl (C=O) groups is 1. The first-order valence-corrected chi connectivity index (χ1v) is 9.56. The molecule has 0 aliphatic rings. The van der Waals surface area contributed by atoms with Gasteiger partial charge in [0.25, 0.3) is 5.91 Å². The van der Waals surface area contributed by atoms with E-state index in [2.05, 4.69) is 10.3 Å². The number of amides is 1. The maximum Gasteiger partial charge on any atom is 0.267 e. The molecule has 0 saturated carbocycles. The van der Waals surface area contributed by atoms with Gasteiger partial charge in [-0.3, -0.25) is 4.79 Å². The van der Waals surface area contributed by atoms with Crippen molar-refractivity contribution >= 4 is 38.1 Å². The third-order valence-electron chi connectivity index (χ3n) is 3.40. The fourth-order valence-electron chi connectivity index (χ4n) is 1.92. The minimum Gasteiger partial charge on any atom is -0.321 e. The minimum absolute atomic E-state index is 0.274. The smallest absolute Gasteiger partial charge is 0.267 e. The molecule has 0 radical (unpaired) electrons. The highest BCUT2D eigenvalue weighted by Crippen LogP contribution is 2.28. The number of sulfonamides is 1. The molecule has 0 aliphatic carbocycles. The van der Waals surface area contributed by atoms with Crippen LogP contribution in [0.4, 0.5) is 10.8 Å². The lowest BCUT2D eigenvalue weighted by Crippen LogP contribution is -2.24. The van der Waals surface area contributed by atoms with Gasteiger partial charge in [0.1, 0.15) is 4.88 Å². The Kier molecular flexibility index (Phi) is 4.76. The zero-order valence-corrected chi connectivity index (χ0v) is 15.3. The molecule has 1 aromatic carbocycles. The van der Waals surface area contributed by atoms with E-state index in [9.17, 15) is 13.2 Å². The van der Waals surface area contributed by atoms with Crippen LogP contribution in [0.25, 0.3) is 0 Å². The molecule has 8 heteroatoms. The fourth-order valence-corrected chi connectivity index (χ4v) is 3.59. The van der Waals surface area contributed by atoms with E-state index in [0.29, 0.717) is 10.6 Å². The second kappa shape index (κ2) is 6.29. The van der Waals surface area contributed by atoms with Crippen LogP contribution < -0.4 is 9.62 Å². The summed E-state index contributed by atoms with van der Waals surface area (Å²) in [6.07, 6.45) is 1.10. The number of rotatable bonds is 4. The molecule has 0 atom stereocenters. The average Bonchev–Trinajstić information content (AvgIpc) is 2.83. The number of aryl methyl sites for hydroxylation is 3. The summed E-state index contributed by atoms with van der Waals surface area (Å²) in [7, 11) is -1.99. The number of carbonyl (C=O) groups excluding carboxylic acids is 1. The van der Waals surface area contributed by atoms with E-state index in [1.54, 1.807) is 6.92 Å². The summed E-state index contributed by atoms with van der Waals surface area (Å²) in [5, 5.41) is 3.14. The van der Waals surface area contributed by atoms with Gasteiger partial charge in [0.15, 0.2) is 5.13 Å². The fraction of sp³-hybridized carbons (Fsp3) is 0.333. The van der Waals surface area contributed by atoms with Gasteiger partial charge in [-0.1, -0.05) is 23.5 Å². The van der Waals surface area contributed by atoms with Crippen LogP contribution in [0.2, 0.25) is 0 Å². The molecule has 0 spiro atoms. The second-order valence-electron chi connectivity index (χ2n) is 5.41. The highest BCUT2D eigenvalue weighted by atomic mass is 32.2. The Bertz CT molecular complexity index is 857. The molecule has 0 fully saturated rings. The van der Waals surface area contributed by atoms with Crippen molar-refractivity contribution in [2.75, 3.05) is 22.9 Å². The van der Waals surface area contributed by atoms with Crippen LogP contribution >= 0.6 is 11.3 Å². The van der Waals surface area contributed by atoms with Crippen molar-refractivity contribution in [3.05, 3.63) is 39.9 Å². The van der Waals surface area contributed by atoms with E-state index in [-0.39, 0.29) is 11.0 Å². The number of benzene rings is 1. The second-order valence-corrected chi connectivity index (χ2v) is 8.41. The summed E-state index contributed by atoms with van der Waals surface area (Å²) in [5.74, 6) is -0.290. The normalized spacial score (nSPS) is 11.3. The maximum absolute atomic E-state index is 12.5. The van der Waals surface area contributed by atoms with E-state index in [0.717, 1.165) is 38.7 Å². The van der Waals surface area contributed by atoms with Gasteiger partial charge in [0.2, 0.25) is 10.0 Å². The molecule has 0 aliphatic heterocycles. The van der Waals surface area contributed by atoms with Crippen LogP contribution in [0, 0.1) is 20.8 Å². The first-order valence-electron chi connectivity index (χ1n) is 6.89. The Morgan fingerprint density at radius 3 is 2.52 bits per heavy atom. The summed E-state index contributed by atoms with van der Waals surface area (Å²) in [5.41, 5.74) is 3.24. The predicted molar refractivity (Wildman–Crippen MR) is 94.0 cm³/mol. The van der Waals surface area contributed by atoms with Gasteiger partial charge in [-0.25, -0.2) is 17.7 Å². The van der Waals surface area contributed by atoms with Crippen molar-refractivity contribution in [3.8, 4) is 0 Å². The molecule has 6 nitrogen and oxygen atoms in total. The average molecular weight is 353 g/mol. The van der Waals surface area contributed by atoms with Gasteiger partial charge in [-0.15, -0.1) is 0 Å². The van der Waals surface area contributed by atoms with Crippen molar-refractivity contribution < 1.29 is 13.2 Å². The standard InChI is InChI=1S/C15H19N3O3S2/c1-9-6-7-10(2)12(8-9)17-14(19)13-11(3)16-15(22-13)18(4)23(5,20)21/h6-8H,1-5H3,(H,17,19). The highest BCUT2D eigenvalue weighted by molar-refractivity contribution is 7.92. The van der Waals surface area contributed by atoms with Crippen molar-refractivity contribution in [3.63, 3.8) is 0 Å². The van der Waals surface area contributed by atoms with Gasteiger partial charge in [-0.05, 0) is 38.0 Å². The van der Waals surface area contributed by atoms with Crippen molar-refractivity contribution in [1.29, 1.82) is 0 Å². The van der Waals surface area contributed by atoms with Crippen LogP contribution in [-0.2, 0) is 10.0 Å². The molecule has 1 heterocycles. The zero-order chi connectivity index (χ0) is 17.4. The summed E-state index contributed by atoms with van der Waals surface area (Å²) in [4.78, 5) is 17.1. The molecule has 1 amide bonds. The van der Waals surface area contributed by atoms with Crippen molar-refractivity contribution in [1.82, 2.24) is 4.98 Å². The Morgan fingerprint density at radius 2 is 1.91 bits per heavy atom. The van der Waals surface area contributed by atoms with Crippen molar-refractivity contribution in [2.24, 2.45) is 0 Å². The molecule has 0 saturated heterocycles. The topological polar surface area (TPSA) is 79.4 Å². The van der Waals surface area contributed by atoms with E-state index < -0.39 is 10.0 Å². The molecule has 124 valence electrons. The van der Waals surface area contributed by atoms with Gasteiger partial charge < -0.3 is 5.32 Å². The lowest BCUT2D eigenvalue weighted by atomic mass is 10.1. The van der Waals surface area contributed by atoms with Crippen LogP contribution in [0.3, 0.4) is 0 Å². The third kappa shape index (κ3) is 3.89.